The molecule has 1 saturated carbocycles. The lowest BCUT2D eigenvalue weighted by molar-refractivity contribution is 0.418. The minimum atomic E-state index is 0.557. The predicted octanol–water partition coefficient (Wildman–Crippen LogP) is 3.19. The Morgan fingerprint density at radius 2 is 2.11 bits per heavy atom. The third kappa shape index (κ3) is 2.12. The molecule has 100 valence electrons. The number of ether oxygens (including phenoxy) is 1. The van der Waals surface area contributed by atoms with E-state index in [0.717, 1.165) is 28.0 Å². The summed E-state index contributed by atoms with van der Waals surface area (Å²) in [5.41, 5.74) is 5.73. The quantitative estimate of drug-likeness (QED) is 0.655. The number of anilines is 1. The van der Waals surface area contributed by atoms with Gasteiger partial charge in [-0.05, 0) is 25.0 Å². The number of rotatable bonds is 3. The molecule has 1 heterocycles. The van der Waals surface area contributed by atoms with Gasteiger partial charge >= 0.3 is 0 Å². The molecule has 3 N–H and O–H groups in total. The van der Waals surface area contributed by atoms with E-state index in [9.17, 15) is 0 Å². The minimum Gasteiger partial charge on any atom is -0.494 e. The first-order valence-corrected chi connectivity index (χ1v) is 6.77. The summed E-state index contributed by atoms with van der Waals surface area (Å²) in [6.07, 6.45) is 5.03. The monoisotopic (exact) mass is 257 g/mol. The van der Waals surface area contributed by atoms with E-state index < -0.39 is 0 Å². The Hall–Kier alpha value is -1.81. The van der Waals surface area contributed by atoms with E-state index in [1.54, 1.807) is 7.11 Å². The summed E-state index contributed by atoms with van der Waals surface area (Å²) in [7, 11) is 1.67. The lowest BCUT2D eigenvalue weighted by Gasteiger charge is -2.14. The van der Waals surface area contributed by atoms with Crippen LogP contribution >= 0.6 is 0 Å². The van der Waals surface area contributed by atoms with E-state index >= 15 is 0 Å². The van der Waals surface area contributed by atoms with Crippen LogP contribution in [0.25, 0.3) is 10.9 Å². The third-order valence-corrected chi connectivity index (χ3v) is 3.97. The molecule has 1 aliphatic rings. The molecule has 0 amide bonds. The van der Waals surface area contributed by atoms with Gasteiger partial charge in [-0.1, -0.05) is 25.0 Å². The Balaban J connectivity index is 2.19. The third-order valence-electron chi connectivity index (χ3n) is 3.97. The molecule has 4 heteroatoms. The van der Waals surface area contributed by atoms with Gasteiger partial charge in [0.2, 0.25) is 0 Å². The molecule has 4 nitrogen and oxygen atoms in total. The minimum absolute atomic E-state index is 0.557. The van der Waals surface area contributed by atoms with Crippen LogP contribution < -0.4 is 16.0 Å². The molecular formula is C15H19N3O. The number of benzene rings is 1. The van der Waals surface area contributed by atoms with Crippen molar-refractivity contribution >= 4 is 16.6 Å². The fourth-order valence-electron chi connectivity index (χ4n) is 2.96. The van der Waals surface area contributed by atoms with Crippen LogP contribution in [0.5, 0.6) is 5.75 Å². The van der Waals surface area contributed by atoms with Crippen LogP contribution in [0.4, 0.5) is 5.69 Å². The average molecular weight is 257 g/mol. The Kier molecular flexibility index (Phi) is 3.25. The molecule has 3 rings (SSSR count). The number of nitrogens with one attached hydrogen (secondary N) is 1. The van der Waals surface area contributed by atoms with Crippen molar-refractivity contribution in [2.24, 2.45) is 5.84 Å². The predicted molar refractivity (Wildman–Crippen MR) is 77.3 cm³/mol. The van der Waals surface area contributed by atoms with Crippen LogP contribution in [0.3, 0.4) is 0 Å². The van der Waals surface area contributed by atoms with E-state index in [2.05, 4.69) is 11.5 Å². The lowest BCUT2D eigenvalue weighted by Crippen LogP contribution is -2.09. The van der Waals surface area contributed by atoms with Crippen molar-refractivity contribution in [3.63, 3.8) is 0 Å². The number of nitrogen functional groups attached to an aromatic ring is 1. The maximum Gasteiger partial charge on any atom is 0.145 e. The summed E-state index contributed by atoms with van der Waals surface area (Å²) >= 11 is 0. The summed E-state index contributed by atoms with van der Waals surface area (Å²) < 4.78 is 5.41. The number of fused-ring (bicyclic) bond motifs is 1. The first-order chi connectivity index (χ1) is 9.33. The fourth-order valence-corrected chi connectivity index (χ4v) is 2.96. The van der Waals surface area contributed by atoms with Gasteiger partial charge in [0.15, 0.2) is 0 Å². The molecule has 2 aromatic rings. The molecule has 1 aromatic heterocycles. The number of nitrogens with zero attached hydrogens (tertiary/aromatic N) is 1. The summed E-state index contributed by atoms with van der Waals surface area (Å²) in [6.45, 7) is 0. The van der Waals surface area contributed by atoms with Gasteiger partial charge in [-0.25, -0.2) is 4.98 Å². The van der Waals surface area contributed by atoms with Crippen LogP contribution in [0.2, 0.25) is 0 Å². The highest BCUT2D eigenvalue weighted by molar-refractivity contribution is 5.95. The number of methoxy groups -OCH3 is 1. The highest BCUT2D eigenvalue weighted by atomic mass is 16.5. The number of nitrogens with two attached hydrogens (primary N) is 1. The molecule has 0 radical (unpaired) electrons. The number of hydrogen-bond acceptors (Lipinski definition) is 4. The zero-order chi connectivity index (χ0) is 13.2. The highest BCUT2D eigenvalue weighted by Gasteiger charge is 2.20. The van der Waals surface area contributed by atoms with Crippen LogP contribution in [0.15, 0.2) is 24.3 Å². The molecule has 1 aliphatic carbocycles. The van der Waals surface area contributed by atoms with Crippen molar-refractivity contribution in [2.45, 2.75) is 31.6 Å². The van der Waals surface area contributed by atoms with Crippen molar-refractivity contribution in [2.75, 3.05) is 12.5 Å². The molecule has 0 unspecified atom stereocenters. The zero-order valence-corrected chi connectivity index (χ0v) is 11.1. The topological polar surface area (TPSA) is 60.2 Å². The van der Waals surface area contributed by atoms with Crippen LogP contribution in [-0.4, -0.2) is 12.1 Å². The Morgan fingerprint density at radius 1 is 1.32 bits per heavy atom. The van der Waals surface area contributed by atoms with E-state index in [0.29, 0.717) is 5.92 Å². The smallest absolute Gasteiger partial charge is 0.145 e. The van der Waals surface area contributed by atoms with Gasteiger partial charge in [0.05, 0.1) is 12.8 Å². The van der Waals surface area contributed by atoms with Gasteiger partial charge in [-0.3, -0.25) is 5.84 Å². The molecule has 1 aromatic carbocycles. The zero-order valence-electron chi connectivity index (χ0n) is 11.1. The standard InChI is InChI=1S/C15H19N3O/c1-19-14-8-4-7-11-13(18-16)9-12(17-15(11)14)10-5-2-3-6-10/h4,7-10H,2-3,5-6,16H2,1H3,(H,17,18). The number of hydrogen-bond donors (Lipinski definition) is 2. The molecule has 19 heavy (non-hydrogen) atoms. The van der Waals surface area contributed by atoms with Gasteiger partial charge in [0.1, 0.15) is 11.3 Å². The van der Waals surface area contributed by atoms with Gasteiger partial charge < -0.3 is 10.2 Å². The SMILES string of the molecule is COc1cccc2c(NN)cc(C3CCCC3)nc12. The molecular weight excluding hydrogens is 238 g/mol. The van der Waals surface area contributed by atoms with E-state index in [1.807, 2.05) is 18.2 Å². The number of pyridine rings is 1. The number of para-hydroxylation sites is 1. The second-order valence-electron chi connectivity index (χ2n) is 5.08. The van der Waals surface area contributed by atoms with Crippen LogP contribution in [0, 0.1) is 0 Å². The Labute approximate surface area is 112 Å². The summed E-state index contributed by atoms with van der Waals surface area (Å²) in [4.78, 5) is 4.82. The van der Waals surface area contributed by atoms with E-state index in [4.69, 9.17) is 15.6 Å². The van der Waals surface area contributed by atoms with Gasteiger partial charge in [0.25, 0.3) is 0 Å². The largest absolute Gasteiger partial charge is 0.494 e. The van der Waals surface area contributed by atoms with Crippen LogP contribution in [0.1, 0.15) is 37.3 Å². The second-order valence-corrected chi connectivity index (χ2v) is 5.08. The maximum absolute atomic E-state index is 5.66. The molecule has 0 saturated heterocycles. The van der Waals surface area contributed by atoms with Gasteiger partial charge in [-0.2, -0.15) is 0 Å². The van der Waals surface area contributed by atoms with Crippen molar-refractivity contribution in [3.8, 4) is 5.75 Å². The van der Waals surface area contributed by atoms with E-state index in [-0.39, 0.29) is 0 Å². The highest BCUT2D eigenvalue weighted by Crippen LogP contribution is 2.37. The van der Waals surface area contributed by atoms with Gasteiger partial charge in [-0.15, -0.1) is 0 Å². The number of aromatic nitrogens is 1. The van der Waals surface area contributed by atoms with Crippen LogP contribution in [-0.2, 0) is 0 Å². The normalized spacial score (nSPS) is 15.9. The Bertz CT molecular complexity index is 591. The fraction of sp³-hybridized carbons (Fsp3) is 0.400. The van der Waals surface area contributed by atoms with E-state index in [1.165, 1.54) is 25.7 Å². The summed E-state index contributed by atoms with van der Waals surface area (Å²) in [5.74, 6) is 7.01. The first kappa shape index (κ1) is 12.2. The summed E-state index contributed by atoms with van der Waals surface area (Å²) in [6, 6.07) is 7.99. The van der Waals surface area contributed by atoms with Gasteiger partial charge in [0, 0.05) is 17.0 Å². The molecule has 0 aliphatic heterocycles. The average Bonchev–Trinajstić information content (AvgIpc) is 2.99. The van der Waals surface area contributed by atoms with Crippen molar-refractivity contribution in [1.82, 2.24) is 4.98 Å². The number of hydrazine groups is 1. The molecule has 0 atom stereocenters. The maximum atomic E-state index is 5.66. The summed E-state index contributed by atoms with van der Waals surface area (Å²) in [5, 5.41) is 1.00. The molecule has 0 spiro atoms. The molecule has 1 fully saturated rings. The Morgan fingerprint density at radius 3 is 2.79 bits per heavy atom. The van der Waals surface area contributed by atoms with Crippen molar-refractivity contribution in [3.05, 3.63) is 30.0 Å². The lowest BCUT2D eigenvalue weighted by atomic mass is 10.0. The van der Waals surface area contributed by atoms with Crippen molar-refractivity contribution in [1.29, 1.82) is 0 Å². The second kappa shape index (κ2) is 5.05. The molecule has 0 bridgehead atoms. The first-order valence-electron chi connectivity index (χ1n) is 6.77. The van der Waals surface area contributed by atoms with Crippen molar-refractivity contribution < 1.29 is 4.74 Å².